The molecule has 0 aliphatic carbocycles. The Hall–Kier alpha value is -2.15. The fraction of sp³-hybridized carbons (Fsp3) is 0.417. The van der Waals surface area contributed by atoms with E-state index in [1.165, 1.54) is 12.1 Å². The summed E-state index contributed by atoms with van der Waals surface area (Å²) in [5.74, 6) is -1.02. The van der Waals surface area contributed by atoms with E-state index in [-0.39, 0.29) is 24.2 Å². The van der Waals surface area contributed by atoms with Crippen molar-refractivity contribution in [3.8, 4) is 0 Å². The van der Waals surface area contributed by atoms with Crippen LogP contribution in [0.15, 0.2) is 24.3 Å². The summed E-state index contributed by atoms with van der Waals surface area (Å²) in [5.41, 5.74) is -1.11. The number of carbonyl (C=O) groups is 1. The van der Waals surface area contributed by atoms with Crippen molar-refractivity contribution in [2.75, 3.05) is 18.5 Å². The highest BCUT2D eigenvalue weighted by molar-refractivity contribution is 5.84. The third-order valence-electron chi connectivity index (χ3n) is 3.23. The van der Waals surface area contributed by atoms with Crippen molar-refractivity contribution >= 4 is 17.3 Å². The number of para-hydroxylation sites is 2. The Kier molecular flexibility index (Phi) is 3.66. The van der Waals surface area contributed by atoms with Gasteiger partial charge in [-0.05, 0) is 6.07 Å². The Morgan fingerprint density at radius 3 is 2.58 bits per heavy atom. The molecule has 0 aromatic heterocycles. The number of carboxylic acids is 1. The summed E-state index contributed by atoms with van der Waals surface area (Å²) in [4.78, 5) is 21.9. The number of benzene rings is 1. The van der Waals surface area contributed by atoms with Crippen molar-refractivity contribution in [3.05, 3.63) is 34.4 Å². The van der Waals surface area contributed by atoms with E-state index in [1.807, 2.05) is 0 Å². The fourth-order valence-corrected chi connectivity index (χ4v) is 2.11. The van der Waals surface area contributed by atoms with E-state index in [1.54, 1.807) is 12.1 Å². The molecule has 2 rings (SSSR count). The maximum Gasteiger partial charge on any atom is 0.329 e. The Bertz CT molecular complexity index is 497. The molecule has 1 aliphatic heterocycles. The molecular weight excluding hydrogens is 252 g/mol. The number of carboxylic acid groups (broad SMARTS) is 1. The highest BCUT2D eigenvalue weighted by atomic mass is 16.6. The molecule has 1 fully saturated rings. The van der Waals surface area contributed by atoms with Crippen molar-refractivity contribution in [2.24, 2.45) is 0 Å². The molecule has 2 N–H and O–H groups in total. The number of nitro benzene ring substituents is 1. The second-order valence-corrected chi connectivity index (χ2v) is 4.40. The van der Waals surface area contributed by atoms with E-state index in [4.69, 9.17) is 4.74 Å². The molecule has 0 spiro atoms. The van der Waals surface area contributed by atoms with E-state index < -0.39 is 16.4 Å². The molecule has 0 radical (unpaired) electrons. The zero-order valence-corrected chi connectivity index (χ0v) is 10.2. The molecule has 0 unspecified atom stereocenters. The van der Waals surface area contributed by atoms with Crippen molar-refractivity contribution in [1.29, 1.82) is 0 Å². The van der Waals surface area contributed by atoms with E-state index in [2.05, 4.69) is 5.32 Å². The molecule has 0 bridgehead atoms. The predicted molar refractivity (Wildman–Crippen MR) is 67.1 cm³/mol. The maximum atomic E-state index is 11.5. The van der Waals surface area contributed by atoms with Gasteiger partial charge in [0.2, 0.25) is 0 Å². The van der Waals surface area contributed by atoms with Gasteiger partial charge in [0.05, 0.1) is 4.92 Å². The molecule has 102 valence electrons. The third-order valence-corrected chi connectivity index (χ3v) is 3.23. The summed E-state index contributed by atoms with van der Waals surface area (Å²) in [6.45, 7) is 0.639. The number of hydrogen-bond acceptors (Lipinski definition) is 5. The number of nitrogens with zero attached hydrogens (tertiary/aromatic N) is 1. The zero-order chi connectivity index (χ0) is 13.9. The SMILES string of the molecule is O=C(O)C1(Nc2ccccc2[N+](=O)[O-])CCOCC1. The lowest BCUT2D eigenvalue weighted by atomic mass is 9.89. The zero-order valence-electron chi connectivity index (χ0n) is 10.2. The Labute approximate surface area is 109 Å². The van der Waals surface area contributed by atoms with Crippen LogP contribution in [0.25, 0.3) is 0 Å². The van der Waals surface area contributed by atoms with Crippen LogP contribution in [0.2, 0.25) is 0 Å². The maximum absolute atomic E-state index is 11.5. The second-order valence-electron chi connectivity index (χ2n) is 4.40. The smallest absolute Gasteiger partial charge is 0.329 e. The predicted octanol–water partition coefficient (Wildman–Crippen LogP) is 1.64. The second kappa shape index (κ2) is 5.23. The highest BCUT2D eigenvalue weighted by Gasteiger charge is 2.41. The van der Waals surface area contributed by atoms with Crippen LogP contribution >= 0.6 is 0 Å². The molecule has 19 heavy (non-hydrogen) atoms. The standard InChI is InChI=1S/C12H14N2O5/c15-11(16)12(5-7-19-8-6-12)13-9-3-1-2-4-10(9)14(17)18/h1-4,13H,5-8H2,(H,15,16). The van der Waals surface area contributed by atoms with Gasteiger partial charge in [-0.15, -0.1) is 0 Å². The van der Waals surface area contributed by atoms with E-state index in [9.17, 15) is 20.0 Å². The highest BCUT2D eigenvalue weighted by Crippen LogP contribution is 2.31. The van der Waals surface area contributed by atoms with Crippen LogP contribution in [-0.4, -0.2) is 34.8 Å². The van der Waals surface area contributed by atoms with Crippen LogP contribution in [0.3, 0.4) is 0 Å². The van der Waals surface area contributed by atoms with Gasteiger partial charge < -0.3 is 15.2 Å². The largest absolute Gasteiger partial charge is 0.480 e. The van der Waals surface area contributed by atoms with E-state index in [0.717, 1.165) is 0 Å². The van der Waals surface area contributed by atoms with Gasteiger partial charge in [0, 0.05) is 32.1 Å². The number of nitrogens with one attached hydrogen (secondary N) is 1. The van der Waals surface area contributed by atoms with Gasteiger partial charge in [0.15, 0.2) is 0 Å². The molecule has 7 heteroatoms. The molecule has 1 aliphatic rings. The first-order valence-electron chi connectivity index (χ1n) is 5.88. The van der Waals surface area contributed by atoms with Crippen LogP contribution in [0, 0.1) is 10.1 Å². The molecule has 0 amide bonds. The minimum atomic E-state index is -1.20. The summed E-state index contributed by atoms with van der Waals surface area (Å²) in [6, 6.07) is 6.03. The summed E-state index contributed by atoms with van der Waals surface area (Å²) < 4.78 is 5.15. The average Bonchev–Trinajstić information content (AvgIpc) is 2.40. The monoisotopic (exact) mass is 266 g/mol. The number of nitro groups is 1. The summed E-state index contributed by atoms with van der Waals surface area (Å²) >= 11 is 0. The molecular formula is C12H14N2O5. The van der Waals surface area contributed by atoms with Gasteiger partial charge in [-0.2, -0.15) is 0 Å². The Morgan fingerprint density at radius 2 is 2.00 bits per heavy atom. The molecule has 1 aromatic carbocycles. The number of anilines is 1. The molecule has 7 nitrogen and oxygen atoms in total. The minimum Gasteiger partial charge on any atom is -0.480 e. The summed E-state index contributed by atoms with van der Waals surface area (Å²) in [6.07, 6.45) is 0.544. The molecule has 1 aromatic rings. The fourth-order valence-electron chi connectivity index (χ4n) is 2.11. The van der Waals surface area contributed by atoms with Crippen molar-refractivity contribution < 1.29 is 19.6 Å². The third kappa shape index (κ3) is 2.65. The van der Waals surface area contributed by atoms with Gasteiger partial charge in [-0.25, -0.2) is 4.79 Å². The minimum absolute atomic E-state index is 0.130. The Balaban J connectivity index is 2.32. The van der Waals surface area contributed by atoms with Crippen LogP contribution in [-0.2, 0) is 9.53 Å². The van der Waals surface area contributed by atoms with Gasteiger partial charge in [-0.3, -0.25) is 10.1 Å². The number of ether oxygens (including phenoxy) is 1. The van der Waals surface area contributed by atoms with Crippen LogP contribution < -0.4 is 5.32 Å². The van der Waals surface area contributed by atoms with Crippen molar-refractivity contribution in [2.45, 2.75) is 18.4 Å². The first-order valence-corrected chi connectivity index (χ1v) is 5.88. The first-order chi connectivity index (χ1) is 9.05. The van der Waals surface area contributed by atoms with Gasteiger partial charge in [-0.1, -0.05) is 12.1 Å². The van der Waals surface area contributed by atoms with E-state index >= 15 is 0 Å². The van der Waals surface area contributed by atoms with Gasteiger partial charge >= 0.3 is 5.97 Å². The number of rotatable bonds is 4. The van der Waals surface area contributed by atoms with Crippen LogP contribution in [0.1, 0.15) is 12.8 Å². The van der Waals surface area contributed by atoms with Crippen LogP contribution in [0.4, 0.5) is 11.4 Å². The topological polar surface area (TPSA) is 102 Å². The van der Waals surface area contributed by atoms with Crippen LogP contribution in [0.5, 0.6) is 0 Å². The summed E-state index contributed by atoms with van der Waals surface area (Å²) in [5, 5.41) is 23.1. The normalized spacial score (nSPS) is 17.7. The lowest BCUT2D eigenvalue weighted by Gasteiger charge is -2.34. The van der Waals surface area contributed by atoms with E-state index in [0.29, 0.717) is 13.2 Å². The van der Waals surface area contributed by atoms with Gasteiger partial charge in [0.1, 0.15) is 11.2 Å². The average molecular weight is 266 g/mol. The molecule has 1 saturated heterocycles. The quantitative estimate of drug-likeness (QED) is 0.634. The Morgan fingerprint density at radius 1 is 1.37 bits per heavy atom. The molecule has 0 atom stereocenters. The summed E-state index contributed by atoms with van der Waals surface area (Å²) in [7, 11) is 0. The number of hydrogen-bond donors (Lipinski definition) is 2. The lowest BCUT2D eigenvalue weighted by molar-refractivity contribution is -0.384. The first kappa shape index (κ1) is 13.3. The molecule has 0 saturated carbocycles. The van der Waals surface area contributed by atoms with Crippen molar-refractivity contribution in [1.82, 2.24) is 0 Å². The molecule has 1 heterocycles. The lowest BCUT2D eigenvalue weighted by Crippen LogP contribution is -2.50. The van der Waals surface area contributed by atoms with Crippen molar-refractivity contribution in [3.63, 3.8) is 0 Å². The number of aliphatic carboxylic acids is 1. The van der Waals surface area contributed by atoms with Gasteiger partial charge in [0.25, 0.3) is 5.69 Å².